The predicted octanol–water partition coefficient (Wildman–Crippen LogP) is 1.55. The van der Waals surface area contributed by atoms with E-state index in [4.69, 9.17) is 5.73 Å². The van der Waals surface area contributed by atoms with Gasteiger partial charge in [-0.15, -0.1) is 11.3 Å². The molecule has 0 amide bonds. The van der Waals surface area contributed by atoms with E-state index in [2.05, 4.69) is 4.98 Å². The van der Waals surface area contributed by atoms with Gasteiger partial charge >= 0.3 is 0 Å². The summed E-state index contributed by atoms with van der Waals surface area (Å²) < 4.78 is 25.8. The standard InChI is InChI=1S/C10H11N3O2S2/c1-13(8-4-5-9(11)12-7-8)17(14,15)10-3-2-6-16-10/h2-7H,1H3,(H2,11,12). The van der Waals surface area contributed by atoms with Crippen molar-refractivity contribution in [2.24, 2.45) is 0 Å². The van der Waals surface area contributed by atoms with Crippen LogP contribution in [0.1, 0.15) is 0 Å². The van der Waals surface area contributed by atoms with E-state index in [1.165, 1.54) is 28.9 Å². The number of anilines is 2. The molecule has 0 atom stereocenters. The van der Waals surface area contributed by atoms with Crippen LogP contribution in [0, 0.1) is 0 Å². The highest BCUT2D eigenvalue weighted by molar-refractivity contribution is 7.94. The number of aromatic nitrogens is 1. The molecule has 2 rings (SSSR count). The van der Waals surface area contributed by atoms with Gasteiger partial charge in [-0.2, -0.15) is 0 Å². The molecule has 0 aliphatic carbocycles. The zero-order valence-electron chi connectivity index (χ0n) is 9.07. The highest BCUT2D eigenvalue weighted by Crippen LogP contribution is 2.24. The second-order valence-electron chi connectivity index (χ2n) is 3.35. The highest BCUT2D eigenvalue weighted by atomic mass is 32.2. The van der Waals surface area contributed by atoms with Gasteiger partial charge in [-0.1, -0.05) is 6.07 Å². The smallest absolute Gasteiger partial charge is 0.273 e. The van der Waals surface area contributed by atoms with E-state index in [0.29, 0.717) is 15.7 Å². The van der Waals surface area contributed by atoms with E-state index in [0.717, 1.165) is 0 Å². The molecule has 0 saturated heterocycles. The molecule has 0 saturated carbocycles. The molecule has 2 heterocycles. The van der Waals surface area contributed by atoms with E-state index >= 15 is 0 Å². The Morgan fingerprint density at radius 2 is 2.12 bits per heavy atom. The van der Waals surface area contributed by atoms with Crippen LogP contribution in [0.3, 0.4) is 0 Å². The fraction of sp³-hybridized carbons (Fsp3) is 0.100. The Balaban J connectivity index is 2.38. The van der Waals surface area contributed by atoms with Crippen molar-refractivity contribution in [1.82, 2.24) is 4.98 Å². The average Bonchev–Trinajstić information content (AvgIpc) is 2.83. The molecule has 7 heteroatoms. The number of nitrogens with two attached hydrogens (primary N) is 1. The maximum absolute atomic E-state index is 12.2. The molecule has 0 radical (unpaired) electrons. The number of pyridine rings is 1. The number of thiophene rings is 1. The molecule has 0 spiro atoms. The first kappa shape index (κ1) is 11.9. The molecule has 2 aromatic rings. The third-order valence-electron chi connectivity index (χ3n) is 2.24. The first-order chi connectivity index (χ1) is 8.01. The summed E-state index contributed by atoms with van der Waals surface area (Å²) in [7, 11) is -2.00. The van der Waals surface area contributed by atoms with Crippen molar-refractivity contribution in [2.45, 2.75) is 4.21 Å². The zero-order chi connectivity index (χ0) is 12.5. The normalized spacial score (nSPS) is 11.4. The molecule has 2 N–H and O–H groups in total. The van der Waals surface area contributed by atoms with Gasteiger partial charge in [0.15, 0.2) is 0 Å². The number of hydrogen-bond acceptors (Lipinski definition) is 5. The van der Waals surface area contributed by atoms with Crippen molar-refractivity contribution in [3.63, 3.8) is 0 Å². The first-order valence-electron chi connectivity index (χ1n) is 4.76. The summed E-state index contributed by atoms with van der Waals surface area (Å²) in [6.45, 7) is 0. The number of hydrogen-bond donors (Lipinski definition) is 1. The molecule has 90 valence electrons. The number of sulfonamides is 1. The van der Waals surface area contributed by atoms with Gasteiger partial charge < -0.3 is 5.73 Å². The summed E-state index contributed by atoms with van der Waals surface area (Å²) in [5, 5.41) is 1.72. The molecule has 0 bridgehead atoms. The lowest BCUT2D eigenvalue weighted by atomic mass is 10.4. The van der Waals surface area contributed by atoms with Crippen molar-refractivity contribution in [3.8, 4) is 0 Å². The Kier molecular flexibility index (Phi) is 3.03. The number of nitrogen functional groups attached to an aromatic ring is 1. The molecule has 0 fully saturated rings. The van der Waals surface area contributed by atoms with Gasteiger partial charge in [0, 0.05) is 7.05 Å². The van der Waals surface area contributed by atoms with Crippen LogP contribution < -0.4 is 10.0 Å². The van der Waals surface area contributed by atoms with Crippen molar-refractivity contribution >= 4 is 32.9 Å². The van der Waals surface area contributed by atoms with Gasteiger partial charge in [-0.25, -0.2) is 13.4 Å². The summed E-state index contributed by atoms with van der Waals surface area (Å²) in [5.74, 6) is 0.357. The zero-order valence-corrected chi connectivity index (χ0v) is 10.7. The minimum Gasteiger partial charge on any atom is -0.384 e. The Morgan fingerprint density at radius 3 is 2.65 bits per heavy atom. The molecule has 2 aromatic heterocycles. The lowest BCUT2D eigenvalue weighted by Gasteiger charge is -2.17. The minimum absolute atomic E-state index is 0.303. The quantitative estimate of drug-likeness (QED) is 0.917. The van der Waals surface area contributed by atoms with Crippen LogP contribution in [-0.4, -0.2) is 20.4 Å². The fourth-order valence-corrected chi connectivity index (χ4v) is 3.61. The van der Waals surface area contributed by atoms with Crippen molar-refractivity contribution < 1.29 is 8.42 Å². The van der Waals surface area contributed by atoms with Gasteiger partial charge in [-0.05, 0) is 23.6 Å². The van der Waals surface area contributed by atoms with Crippen LogP contribution in [0.5, 0.6) is 0 Å². The Hall–Kier alpha value is -1.60. The van der Waals surface area contributed by atoms with Crippen molar-refractivity contribution in [1.29, 1.82) is 0 Å². The van der Waals surface area contributed by atoms with Crippen LogP contribution in [0.25, 0.3) is 0 Å². The molecule has 0 aromatic carbocycles. The minimum atomic E-state index is -3.49. The van der Waals surface area contributed by atoms with E-state index in [-0.39, 0.29) is 0 Å². The Labute approximate surface area is 104 Å². The van der Waals surface area contributed by atoms with E-state index in [9.17, 15) is 8.42 Å². The van der Waals surface area contributed by atoms with Gasteiger partial charge in [0.2, 0.25) is 0 Å². The summed E-state index contributed by atoms with van der Waals surface area (Å²) in [4.78, 5) is 3.87. The topological polar surface area (TPSA) is 76.3 Å². The lowest BCUT2D eigenvalue weighted by molar-refractivity contribution is 0.596. The monoisotopic (exact) mass is 269 g/mol. The van der Waals surface area contributed by atoms with Crippen LogP contribution in [-0.2, 0) is 10.0 Å². The van der Waals surface area contributed by atoms with Gasteiger partial charge in [0.1, 0.15) is 10.0 Å². The largest absolute Gasteiger partial charge is 0.384 e. The van der Waals surface area contributed by atoms with Crippen LogP contribution in [0.15, 0.2) is 40.1 Å². The van der Waals surface area contributed by atoms with E-state index < -0.39 is 10.0 Å². The lowest BCUT2D eigenvalue weighted by Crippen LogP contribution is -2.25. The number of nitrogens with zero attached hydrogens (tertiary/aromatic N) is 2. The van der Waals surface area contributed by atoms with Crippen LogP contribution in [0.4, 0.5) is 11.5 Å². The molecule has 5 nitrogen and oxygen atoms in total. The summed E-state index contributed by atoms with van der Waals surface area (Å²) in [6, 6.07) is 6.46. The van der Waals surface area contributed by atoms with Gasteiger partial charge in [-0.3, -0.25) is 4.31 Å². The first-order valence-corrected chi connectivity index (χ1v) is 7.08. The molecule has 0 aliphatic rings. The summed E-state index contributed by atoms with van der Waals surface area (Å²) in [6.07, 6.45) is 1.43. The molecule has 0 aliphatic heterocycles. The highest BCUT2D eigenvalue weighted by Gasteiger charge is 2.22. The third-order valence-corrected chi connectivity index (χ3v) is 5.40. The Bertz CT molecular complexity index is 591. The van der Waals surface area contributed by atoms with Crippen LogP contribution >= 0.6 is 11.3 Å². The van der Waals surface area contributed by atoms with Gasteiger partial charge in [0.25, 0.3) is 10.0 Å². The second kappa shape index (κ2) is 4.34. The third kappa shape index (κ3) is 2.25. The maximum Gasteiger partial charge on any atom is 0.273 e. The molecule has 17 heavy (non-hydrogen) atoms. The van der Waals surface area contributed by atoms with E-state index in [1.54, 1.807) is 29.6 Å². The van der Waals surface area contributed by atoms with Crippen molar-refractivity contribution in [2.75, 3.05) is 17.1 Å². The predicted molar refractivity (Wildman–Crippen MR) is 68.6 cm³/mol. The summed E-state index contributed by atoms with van der Waals surface area (Å²) >= 11 is 1.18. The second-order valence-corrected chi connectivity index (χ2v) is 6.49. The molecule has 0 unspecified atom stereocenters. The molecular formula is C10H11N3O2S2. The van der Waals surface area contributed by atoms with E-state index in [1.807, 2.05) is 0 Å². The summed E-state index contributed by atoms with van der Waals surface area (Å²) in [5.41, 5.74) is 5.93. The van der Waals surface area contributed by atoms with Crippen molar-refractivity contribution in [3.05, 3.63) is 35.8 Å². The fourth-order valence-electron chi connectivity index (χ4n) is 1.27. The van der Waals surface area contributed by atoms with Crippen LogP contribution in [0.2, 0.25) is 0 Å². The average molecular weight is 269 g/mol. The number of rotatable bonds is 3. The van der Waals surface area contributed by atoms with Gasteiger partial charge in [0.05, 0.1) is 11.9 Å². The Morgan fingerprint density at radius 1 is 1.35 bits per heavy atom. The maximum atomic E-state index is 12.2. The SMILES string of the molecule is CN(c1ccc(N)nc1)S(=O)(=O)c1cccs1. The molecular weight excluding hydrogens is 258 g/mol.